The van der Waals surface area contributed by atoms with Crippen LogP contribution in [0.2, 0.25) is 0 Å². The second-order valence-electron chi connectivity index (χ2n) is 5.30. The number of benzene rings is 2. The molecule has 0 aromatic heterocycles. The van der Waals surface area contributed by atoms with E-state index in [-0.39, 0.29) is 16.7 Å². The molecule has 0 aliphatic carbocycles. The number of nitrogens with one attached hydrogen (secondary N) is 1. The van der Waals surface area contributed by atoms with E-state index in [2.05, 4.69) is 31.3 Å². The molecule has 0 saturated heterocycles. The number of hydrogen-bond donors (Lipinski definition) is 1. The maximum atomic E-state index is 11.0. The van der Waals surface area contributed by atoms with Gasteiger partial charge in [-0.3, -0.25) is 10.1 Å². The summed E-state index contributed by atoms with van der Waals surface area (Å²) in [6, 6.07) is 15.4. The van der Waals surface area contributed by atoms with E-state index in [1.54, 1.807) is 18.2 Å². The van der Waals surface area contributed by atoms with Crippen molar-refractivity contribution in [3.05, 3.63) is 75.3 Å². The zero-order chi connectivity index (χ0) is 15.2. The Morgan fingerprint density at radius 2 is 1.71 bits per heavy atom. The SMILES string of the molecule is Cc1ccccc1CC(C)NCc1ccccc1[N+](=O)[O-]. The fourth-order valence-corrected chi connectivity index (χ4v) is 2.36. The molecule has 0 radical (unpaired) electrons. The molecule has 0 amide bonds. The molecular formula is C17H20N2O2. The molecule has 2 rings (SSSR count). The summed E-state index contributed by atoms with van der Waals surface area (Å²) in [7, 11) is 0. The Kier molecular flexibility index (Phi) is 5.06. The topological polar surface area (TPSA) is 55.2 Å². The Hall–Kier alpha value is -2.20. The Bertz CT molecular complexity index is 626. The lowest BCUT2D eigenvalue weighted by atomic mass is 10.0. The van der Waals surface area contributed by atoms with Crippen molar-refractivity contribution in [3.8, 4) is 0 Å². The van der Waals surface area contributed by atoms with Crippen molar-refractivity contribution >= 4 is 5.69 Å². The zero-order valence-electron chi connectivity index (χ0n) is 12.4. The third-order valence-electron chi connectivity index (χ3n) is 3.62. The molecule has 21 heavy (non-hydrogen) atoms. The first-order valence-electron chi connectivity index (χ1n) is 7.08. The van der Waals surface area contributed by atoms with Gasteiger partial charge in [0.1, 0.15) is 0 Å². The summed E-state index contributed by atoms with van der Waals surface area (Å²) < 4.78 is 0. The van der Waals surface area contributed by atoms with Crippen molar-refractivity contribution < 1.29 is 4.92 Å². The average molecular weight is 284 g/mol. The smallest absolute Gasteiger partial charge is 0.273 e. The minimum Gasteiger partial charge on any atom is -0.310 e. The van der Waals surface area contributed by atoms with E-state index in [9.17, 15) is 10.1 Å². The Balaban J connectivity index is 1.97. The fourth-order valence-electron chi connectivity index (χ4n) is 2.36. The van der Waals surface area contributed by atoms with Gasteiger partial charge in [0.15, 0.2) is 0 Å². The van der Waals surface area contributed by atoms with Crippen molar-refractivity contribution in [1.82, 2.24) is 5.32 Å². The van der Waals surface area contributed by atoms with Crippen LogP contribution in [0.15, 0.2) is 48.5 Å². The molecule has 0 bridgehead atoms. The van der Waals surface area contributed by atoms with E-state index < -0.39 is 0 Å². The number of rotatable bonds is 6. The molecule has 4 heteroatoms. The predicted molar refractivity (Wildman–Crippen MR) is 84.3 cm³/mol. The highest BCUT2D eigenvalue weighted by Gasteiger charge is 2.13. The highest BCUT2D eigenvalue weighted by molar-refractivity contribution is 5.39. The molecule has 0 heterocycles. The average Bonchev–Trinajstić information content (AvgIpc) is 2.48. The van der Waals surface area contributed by atoms with Crippen molar-refractivity contribution in [2.75, 3.05) is 0 Å². The number of hydrogen-bond acceptors (Lipinski definition) is 3. The van der Waals surface area contributed by atoms with Crippen LogP contribution in [0.4, 0.5) is 5.69 Å². The first-order chi connectivity index (χ1) is 10.1. The fraction of sp³-hybridized carbons (Fsp3) is 0.294. The minimum absolute atomic E-state index is 0.174. The van der Waals surface area contributed by atoms with Gasteiger partial charge in [0.05, 0.1) is 4.92 Å². The monoisotopic (exact) mass is 284 g/mol. The van der Waals surface area contributed by atoms with Crippen molar-refractivity contribution in [1.29, 1.82) is 0 Å². The van der Waals surface area contributed by atoms with Crippen LogP contribution in [0.1, 0.15) is 23.6 Å². The quantitative estimate of drug-likeness (QED) is 0.651. The van der Waals surface area contributed by atoms with Gasteiger partial charge in [-0.05, 0) is 31.4 Å². The van der Waals surface area contributed by atoms with E-state index >= 15 is 0 Å². The van der Waals surface area contributed by atoms with Gasteiger partial charge in [0.2, 0.25) is 0 Å². The van der Waals surface area contributed by atoms with Crippen LogP contribution in [-0.2, 0) is 13.0 Å². The highest BCUT2D eigenvalue weighted by atomic mass is 16.6. The summed E-state index contributed by atoms with van der Waals surface area (Å²) >= 11 is 0. The van der Waals surface area contributed by atoms with Crippen LogP contribution in [0, 0.1) is 17.0 Å². The third-order valence-corrected chi connectivity index (χ3v) is 3.62. The summed E-state index contributed by atoms with van der Waals surface area (Å²) in [4.78, 5) is 10.6. The molecule has 1 N–H and O–H groups in total. The molecule has 4 nitrogen and oxygen atoms in total. The van der Waals surface area contributed by atoms with E-state index in [1.165, 1.54) is 11.1 Å². The van der Waals surface area contributed by atoms with Crippen molar-refractivity contribution in [2.45, 2.75) is 32.9 Å². The summed E-state index contributed by atoms with van der Waals surface area (Å²) in [5.41, 5.74) is 3.48. The Morgan fingerprint density at radius 1 is 1.10 bits per heavy atom. The lowest BCUT2D eigenvalue weighted by Crippen LogP contribution is -2.28. The van der Waals surface area contributed by atoms with Crippen LogP contribution >= 0.6 is 0 Å². The summed E-state index contributed by atoms with van der Waals surface area (Å²) in [5.74, 6) is 0. The molecule has 2 aromatic rings. The normalized spacial score (nSPS) is 12.1. The number of nitro benzene ring substituents is 1. The van der Waals surface area contributed by atoms with E-state index in [0.29, 0.717) is 6.54 Å². The van der Waals surface area contributed by atoms with E-state index in [4.69, 9.17) is 0 Å². The molecule has 1 unspecified atom stereocenters. The number of aryl methyl sites for hydroxylation is 1. The number of nitrogens with zero attached hydrogens (tertiary/aromatic N) is 1. The molecule has 110 valence electrons. The third kappa shape index (κ3) is 4.13. The molecule has 0 saturated carbocycles. The van der Waals surface area contributed by atoms with Gasteiger partial charge in [0.25, 0.3) is 5.69 Å². The maximum Gasteiger partial charge on any atom is 0.273 e. The summed E-state index contributed by atoms with van der Waals surface area (Å²) in [5, 5.41) is 14.3. The highest BCUT2D eigenvalue weighted by Crippen LogP contribution is 2.17. The largest absolute Gasteiger partial charge is 0.310 e. The lowest BCUT2D eigenvalue weighted by Gasteiger charge is -2.15. The lowest BCUT2D eigenvalue weighted by molar-refractivity contribution is -0.385. The summed E-state index contributed by atoms with van der Waals surface area (Å²) in [6.45, 7) is 4.70. The standard InChI is InChI=1S/C17H20N2O2/c1-13-7-3-4-8-15(13)11-14(2)18-12-16-9-5-6-10-17(16)19(20)21/h3-10,14,18H,11-12H2,1-2H3. The first kappa shape index (κ1) is 15.2. The van der Waals surface area contributed by atoms with Gasteiger partial charge in [-0.25, -0.2) is 0 Å². The second kappa shape index (κ2) is 6.99. The van der Waals surface area contributed by atoms with Crippen molar-refractivity contribution in [3.63, 3.8) is 0 Å². The van der Waals surface area contributed by atoms with Gasteiger partial charge in [-0.15, -0.1) is 0 Å². The number of para-hydroxylation sites is 1. The molecule has 0 spiro atoms. The van der Waals surface area contributed by atoms with E-state index in [1.807, 2.05) is 18.2 Å². The van der Waals surface area contributed by atoms with Gasteiger partial charge in [0, 0.05) is 24.2 Å². The van der Waals surface area contributed by atoms with Crippen LogP contribution < -0.4 is 5.32 Å². The van der Waals surface area contributed by atoms with Crippen LogP contribution in [0.5, 0.6) is 0 Å². The molecular weight excluding hydrogens is 264 g/mol. The van der Waals surface area contributed by atoms with Gasteiger partial charge in [-0.1, -0.05) is 42.5 Å². The molecule has 2 aromatic carbocycles. The predicted octanol–water partition coefficient (Wildman–Crippen LogP) is 3.62. The molecule has 0 aliphatic rings. The molecule has 0 aliphatic heterocycles. The Morgan fingerprint density at radius 3 is 2.38 bits per heavy atom. The van der Waals surface area contributed by atoms with Crippen LogP contribution in [0.25, 0.3) is 0 Å². The van der Waals surface area contributed by atoms with Gasteiger partial charge in [-0.2, -0.15) is 0 Å². The van der Waals surface area contributed by atoms with Gasteiger partial charge >= 0.3 is 0 Å². The van der Waals surface area contributed by atoms with Crippen LogP contribution in [-0.4, -0.2) is 11.0 Å². The molecule has 1 atom stereocenters. The van der Waals surface area contributed by atoms with E-state index in [0.717, 1.165) is 12.0 Å². The summed E-state index contributed by atoms with van der Waals surface area (Å²) in [6.07, 6.45) is 0.910. The van der Waals surface area contributed by atoms with Gasteiger partial charge < -0.3 is 5.32 Å². The minimum atomic E-state index is -0.330. The second-order valence-corrected chi connectivity index (χ2v) is 5.30. The van der Waals surface area contributed by atoms with Crippen molar-refractivity contribution in [2.24, 2.45) is 0 Å². The first-order valence-corrected chi connectivity index (χ1v) is 7.08. The molecule has 0 fully saturated rings. The van der Waals surface area contributed by atoms with Crippen LogP contribution in [0.3, 0.4) is 0 Å². The zero-order valence-corrected chi connectivity index (χ0v) is 12.4. The number of nitro groups is 1. The Labute approximate surface area is 125 Å². The maximum absolute atomic E-state index is 11.0.